The predicted molar refractivity (Wildman–Crippen MR) is 52.0 cm³/mol. The van der Waals surface area contributed by atoms with Gasteiger partial charge in [0.15, 0.2) is 5.13 Å². The van der Waals surface area contributed by atoms with Crippen molar-refractivity contribution >= 4 is 33.9 Å². The second kappa shape index (κ2) is 2.90. The van der Waals surface area contributed by atoms with Crippen molar-refractivity contribution in [2.75, 3.05) is 0 Å². The monoisotopic (exact) mass is 277 g/mol. The van der Waals surface area contributed by atoms with Crippen molar-refractivity contribution in [2.45, 2.75) is 0 Å². The van der Waals surface area contributed by atoms with Crippen LogP contribution >= 0.6 is 33.9 Å². The Morgan fingerprint density at radius 3 is 3.00 bits per heavy atom. The highest BCUT2D eigenvalue weighted by Gasteiger charge is 1.99. The Labute approximate surface area is 81.2 Å². The molecule has 0 aliphatic rings. The fourth-order valence-corrected chi connectivity index (χ4v) is 2.15. The van der Waals surface area contributed by atoms with E-state index < -0.39 is 0 Å². The number of rotatable bonds is 1. The van der Waals surface area contributed by atoms with E-state index in [1.165, 1.54) is 0 Å². The summed E-state index contributed by atoms with van der Waals surface area (Å²) in [6.45, 7) is 0. The van der Waals surface area contributed by atoms with Crippen LogP contribution in [0.25, 0.3) is 5.13 Å². The van der Waals surface area contributed by atoms with E-state index >= 15 is 0 Å². The first-order valence-corrected chi connectivity index (χ1v) is 4.91. The molecule has 0 N–H and O–H groups in total. The van der Waals surface area contributed by atoms with Gasteiger partial charge < -0.3 is 0 Å². The van der Waals surface area contributed by atoms with E-state index in [1.807, 2.05) is 16.1 Å². The molecule has 2 aromatic heterocycles. The Kier molecular flexibility index (Phi) is 1.91. The molecule has 0 aliphatic carbocycles. The Morgan fingerprint density at radius 2 is 2.45 bits per heavy atom. The zero-order valence-corrected chi connectivity index (χ0v) is 8.41. The number of hydrogen-bond donors (Lipinski definition) is 0. The molecule has 0 saturated carbocycles. The van der Waals surface area contributed by atoms with Crippen molar-refractivity contribution < 1.29 is 0 Å². The van der Waals surface area contributed by atoms with Gasteiger partial charge in [0.1, 0.15) is 10.0 Å². The van der Waals surface area contributed by atoms with E-state index in [4.69, 9.17) is 0 Å². The van der Waals surface area contributed by atoms with Crippen molar-refractivity contribution in [3.8, 4) is 5.13 Å². The molecule has 2 heterocycles. The minimum Gasteiger partial charge on any atom is -0.282 e. The van der Waals surface area contributed by atoms with Crippen LogP contribution in [0.15, 0.2) is 24.1 Å². The molecule has 0 aromatic carbocycles. The van der Waals surface area contributed by atoms with Crippen LogP contribution in [0.2, 0.25) is 0 Å². The van der Waals surface area contributed by atoms with Crippen LogP contribution in [-0.2, 0) is 0 Å². The fraction of sp³-hybridized carbons (Fsp3) is 0. The van der Waals surface area contributed by atoms with E-state index in [9.17, 15) is 0 Å². The summed E-state index contributed by atoms with van der Waals surface area (Å²) >= 11 is 3.80. The van der Waals surface area contributed by atoms with Gasteiger partial charge in [-0.2, -0.15) is 0 Å². The molecule has 0 spiro atoms. The molecular formula is C6H4IN3S. The summed E-state index contributed by atoms with van der Waals surface area (Å²) in [4.78, 5) is 8.22. The topological polar surface area (TPSA) is 30.7 Å². The van der Waals surface area contributed by atoms with E-state index in [2.05, 4.69) is 32.6 Å². The lowest BCUT2D eigenvalue weighted by Crippen LogP contribution is -1.87. The van der Waals surface area contributed by atoms with Gasteiger partial charge in [-0.1, -0.05) is 0 Å². The number of aromatic nitrogens is 3. The maximum absolute atomic E-state index is 4.28. The lowest BCUT2D eigenvalue weighted by Gasteiger charge is -1.90. The summed E-state index contributed by atoms with van der Waals surface area (Å²) < 4.78 is 2.92. The van der Waals surface area contributed by atoms with Gasteiger partial charge in [-0.05, 0) is 22.6 Å². The molecule has 0 unspecified atom stereocenters. The van der Waals surface area contributed by atoms with Gasteiger partial charge >= 0.3 is 0 Å². The molecule has 0 bridgehead atoms. The molecule has 0 saturated heterocycles. The van der Waals surface area contributed by atoms with Gasteiger partial charge in [-0.3, -0.25) is 4.57 Å². The van der Waals surface area contributed by atoms with E-state index in [0.717, 1.165) is 8.83 Å². The zero-order valence-electron chi connectivity index (χ0n) is 5.44. The first-order chi connectivity index (χ1) is 5.36. The lowest BCUT2D eigenvalue weighted by atomic mass is 10.9. The zero-order chi connectivity index (χ0) is 7.68. The highest BCUT2D eigenvalue weighted by molar-refractivity contribution is 14.1. The Morgan fingerprint density at radius 1 is 1.55 bits per heavy atom. The van der Waals surface area contributed by atoms with Crippen molar-refractivity contribution in [1.29, 1.82) is 0 Å². The summed E-state index contributed by atoms with van der Waals surface area (Å²) in [6, 6.07) is 0. The van der Waals surface area contributed by atoms with Crippen LogP contribution in [0.5, 0.6) is 0 Å². The standard InChI is InChI=1S/C6H4IN3S/c7-5-3-11-6(9-5)10-2-1-8-4-10/h1-4H. The molecule has 56 valence electrons. The van der Waals surface area contributed by atoms with Crippen molar-refractivity contribution in [2.24, 2.45) is 0 Å². The van der Waals surface area contributed by atoms with Gasteiger partial charge in [0.2, 0.25) is 0 Å². The van der Waals surface area contributed by atoms with Crippen LogP contribution in [0.3, 0.4) is 0 Å². The van der Waals surface area contributed by atoms with Gasteiger partial charge in [0.05, 0.1) is 0 Å². The normalized spacial score (nSPS) is 10.3. The number of hydrogen-bond acceptors (Lipinski definition) is 3. The third-order valence-corrected chi connectivity index (χ3v) is 3.02. The first-order valence-electron chi connectivity index (χ1n) is 2.95. The average molecular weight is 277 g/mol. The highest BCUT2D eigenvalue weighted by atomic mass is 127. The molecule has 0 atom stereocenters. The SMILES string of the molecule is Ic1csc(-n2ccnc2)n1. The molecule has 11 heavy (non-hydrogen) atoms. The summed E-state index contributed by atoms with van der Waals surface area (Å²) in [5.41, 5.74) is 0. The third-order valence-electron chi connectivity index (χ3n) is 1.19. The fourth-order valence-electron chi connectivity index (χ4n) is 0.736. The van der Waals surface area contributed by atoms with Gasteiger partial charge in [-0.25, -0.2) is 9.97 Å². The smallest absolute Gasteiger partial charge is 0.195 e. The molecule has 0 radical (unpaired) electrons. The minimum atomic E-state index is 0.965. The van der Waals surface area contributed by atoms with Gasteiger partial charge in [0.25, 0.3) is 0 Å². The lowest BCUT2D eigenvalue weighted by molar-refractivity contribution is 1.02. The molecule has 0 amide bonds. The minimum absolute atomic E-state index is 0.965. The summed E-state index contributed by atoms with van der Waals surface area (Å²) in [6.07, 6.45) is 5.37. The maximum atomic E-state index is 4.28. The molecule has 2 aromatic rings. The van der Waals surface area contributed by atoms with E-state index in [-0.39, 0.29) is 0 Å². The Hall–Kier alpha value is -0.430. The van der Waals surface area contributed by atoms with Crippen LogP contribution in [0.1, 0.15) is 0 Å². The highest BCUT2D eigenvalue weighted by Crippen LogP contribution is 2.15. The molecule has 0 aliphatic heterocycles. The molecule has 0 fully saturated rings. The van der Waals surface area contributed by atoms with E-state index in [1.54, 1.807) is 23.9 Å². The predicted octanol–water partition coefficient (Wildman–Crippen LogP) is 1.93. The number of halogens is 1. The quantitative estimate of drug-likeness (QED) is 0.746. The average Bonchev–Trinajstić information content (AvgIpc) is 2.55. The number of imidazole rings is 1. The van der Waals surface area contributed by atoms with Crippen molar-refractivity contribution in [3.63, 3.8) is 0 Å². The number of thiazole rings is 1. The summed E-state index contributed by atoms with van der Waals surface area (Å²) in [7, 11) is 0. The molecule has 2 rings (SSSR count). The first kappa shape index (κ1) is 7.23. The van der Waals surface area contributed by atoms with Gasteiger partial charge in [0, 0.05) is 17.8 Å². The third kappa shape index (κ3) is 1.43. The second-order valence-corrected chi connectivity index (χ2v) is 3.86. The molecule has 3 nitrogen and oxygen atoms in total. The largest absolute Gasteiger partial charge is 0.282 e. The summed E-state index contributed by atoms with van der Waals surface area (Å²) in [5.74, 6) is 0. The Balaban J connectivity index is 2.45. The van der Waals surface area contributed by atoms with E-state index in [0.29, 0.717) is 0 Å². The van der Waals surface area contributed by atoms with Crippen molar-refractivity contribution in [3.05, 3.63) is 27.8 Å². The maximum Gasteiger partial charge on any atom is 0.195 e. The van der Waals surface area contributed by atoms with Crippen LogP contribution < -0.4 is 0 Å². The molecule has 5 heteroatoms. The number of nitrogens with zero attached hydrogens (tertiary/aromatic N) is 3. The second-order valence-electron chi connectivity index (χ2n) is 1.92. The molecular weight excluding hydrogens is 273 g/mol. The van der Waals surface area contributed by atoms with Crippen molar-refractivity contribution in [1.82, 2.24) is 14.5 Å². The summed E-state index contributed by atoms with van der Waals surface area (Å²) in [5, 5.41) is 2.97. The van der Waals surface area contributed by atoms with Gasteiger partial charge in [-0.15, -0.1) is 11.3 Å². The van der Waals surface area contributed by atoms with Crippen LogP contribution in [0, 0.1) is 3.70 Å². The Bertz CT molecular complexity index is 340. The van der Waals surface area contributed by atoms with Crippen LogP contribution in [0.4, 0.5) is 0 Å². The van der Waals surface area contributed by atoms with Crippen LogP contribution in [-0.4, -0.2) is 14.5 Å².